The second-order valence-electron chi connectivity index (χ2n) is 7.84. The van der Waals surface area contributed by atoms with Gasteiger partial charge in [0, 0.05) is 21.7 Å². The molecule has 0 aliphatic heterocycles. The molecule has 1 amide bonds. The first-order valence-corrected chi connectivity index (χ1v) is 10.4. The lowest BCUT2D eigenvalue weighted by atomic mass is 9.90. The Bertz CT molecular complexity index is 1060. The van der Waals surface area contributed by atoms with Crippen LogP contribution in [0.15, 0.2) is 48.5 Å². The van der Waals surface area contributed by atoms with Crippen LogP contribution in [0.5, 0.6) is 0 Å². The zero-order valence-electron chi connectivity index (χ0n) is 17.0. The van der Waals surface area contributed by atoms with Crippen molar-refractivity contribution in [2.75, 3.05) is 5.32 Å². The maximum absolute atomic E-state index is 13.2. The largest absolute Gasteiger partial charge is 0.417 e. The summed E-state index contributed by atoms with van der Waals surface area (Å²) in [6, 6.07) is 12.1. The van der Waals surface area contributed by atoms with Crippen LogP contribution in [0, 0.1) is 0 Å². The molecule has 0 fully saturated rings. The molecule has 0 aliphatic carbocycles. The van der Waals surface area contributed by atoms with E-state index in [1.807, 2.05) is 32.9 Å². The Hall–Kier alpha value is -1.90. The van der Waals surface area contributed by atoms with Crippen LogP contribution in [0.4, 0.5) is 18.3 Å². The first-order chi connectivity index (χ1) is 13.9. The summed E-state index contributed by atoms with van der Waals surface area (Å²) >= 11 is 7.21. The van der Waals surface area contributed by atoms with Crippen LogP contribution in [-0.2, 0) is 18.0 Å². The number of carbonyl (C=O) groups excluding carboxylic acids is 1. The van der Waals surface area contributed by atoms with Crippen LogP contribution in [0.3, 0.4) is 0 Å². The van der Waals surface area contributed by atoms with Gasteiger partial charge in [-0.25, -0.2) is 4.98 Å². The number of thiazole rings is 1. The summed E-state index contributed by atoms with van der Waals surface area (Å²) < 4.78 is 39.7. The molecule has 0 atom stereocenters. The second kappa shape index (κ2) is 9.71. The van der Waals surface area contributed by atoms with Gasteiger partial charge < -0.3 is 0 Å². The van der Waals surface area contributed by atoms with Crippen LogP contribution in [-0.4, -0.2) is 10.9 Å². The van der Waals surface area contributed by atoms with Crippen LogP contribution in [0.25, 0.3) is 0 Å². The number of amides is 1. The van der Waals surface area contributed by atoms with Gasteiger partial charge in [-0.05, 0) is 29.8 Å². The molecule has 1 heterocycles. The predicted octanol–water partition coefficient (Wildman–Crippen LogP) is 7.53. The molecular weight excluding hydrogens is 513 g/mol. The Morgan fingerprint density at radius 3 is 2.26 bits per heavy atom. The highest BCUT2D eigenvalue weighted by molar-refractivity contribution is 8.93. The van der Waals surface area contributed by atoms with Crippen molar-refractivity contribution in [2.45, 2.75) is 38.8 Å². The van der Waals surface area contributed by atoms with Crippen LogP contribution in [0.2, 0.25) is 5.02 Å². The lowest BCUT2D eigenvalue weighted by molar-refractivity contribution is -0.137. The molecule has 0 bridgehead atoms. The second-order valence-corrected chi connectivity index (χ2v) is 9.36. The Morgan fingerprint density at radius 2 is 1.68 bits per heavy atom. The van der Waals surface area contributed by atoms with E-state index < -0.39 is 23.2 Å². The highest BCUT2D eigenvalue weighted by Crippen LogP contribution is 2.35. The van der Waals surface area contributed by atoms with E-state index >= 15 is 0 Å². The summed E-state index contributed by atoms with van der Waals surface area (Å²) in [7, 11) is 0. The Morgan fingerprint density at radius 1 is 1.06 bits per heavy atom. The zero-order valence-corrected chi connectivity index (χ0v) is 20.3. The Labute approximate surface area is 198 Å². The maximum Gasteiger partial charge on any atom is 0.417 e. The summed E-state index contributed by atoms with van der Waals surface area (Å²) in [5, 5.41) is 3.45. The third-order valence-electron chi connectivity index (χ3n) is 4.38. The number of hydrogen-bond donors (Lipinski definition) is 1. The topological polar surface area (TPSA) is 42.0 Å². The Balaban J connectivity index is 0.00000341. The minimum absolute atomic E-state index is 0. The summed E-state index contributed by atoms with van der Waals surface area (Å²) in [6.07, 6.45) is -4.04. The van der Waals surface area contributed by atoms with Crippen molar-refractivity contribution < 1.29 is 18.0 Å². The minimum Gasteiger partial charge on any atom is -0.298 e. The van der Waals surface area contributed by atoms with E-state index in [1.54, 1.807) is 12.1 Å². The molecule has 0 saturated heterocycles. The highest BCUT2D eigenvalue weighted by atomic mass is 79.9. The average molecular weight is 534 g/mol. The summed E-state index contributed by atoms with van der Waals surface area (Å²) in [4.78, 5) is 18.1. The maximum atomic E-state index is 13.2. The number of halogens is 5. The van der Waals surface area contributed by atoms with E-state index in [1.165, 1.54) is 23.5 Å². The van der Waals surface area contributed by atoms with Crippen LogP contribution in [0.1, 0.15) is 52.8 Å². The molecule has 0 spiro atoms. The number of rotatable bonds is 4. The van der Waals surface area contributed by atoms with Gasteiger partial charge in [0.25, 0.3) is 5.91 Å². The summed E-state index contributed by atoms with van der Waals surface area (Å²) in [5.74, 6) is -0.838. The molecule has 0 saturated carbocycles. The molecule has 1 N–H and O–H groups in total. The number of hydrogen-bond acceptors (Lipinski definition) is 3. The number of benzene rings is 2. The van der Waals surface area contributed by atoms with Gasteiger partial charge in [0.2, 0.25) is 0 Å². The van der Waals surface area contributed by atoms with Crippen molar-refractivity contribution in [2.24, 2.45) is 0 Å². The summed E-state index contributed by atoms with van der Waals surface area (Å²) in [6.45, 7) is 5.99. The van der Waals surface area contributed by atoms with Crippen LogP contribution < -0.4 is 5.32 Å². The molecule has 3 nitrogen and oxygen atoms in total. The molecule has 0 unspecified atom stereocenters. The number of carbonyl (C=O) groups is 1. The van der Waals surface area contributed by atoms with Gasteiger partial charge in [-0.2, -0.15) is 13.2 Å². The number of aromatic nitrogens is 1. The molecular formula is C22H21BrClF3N2OS. The average Bonchev–Trinajstić information content (AvgIpc) is 3.05. The minimum atomic E-state index is -4.62. The van der Waals surface area contributed by atoms with Gasteiger partial charge in [-0.1, -0.05) is 56.6 Å². The zero-order chi connectivity index (χ0) is 22.1. The molecule has 166 valence electrons. The predicted molar refractivity (Wildman–Crippen MR) is 125 cm³/mol. The van der Waals surface area contributed by atoms with Crippen molar-refractivity contribution in [3.8, 4) is 0 Å². The Kier molecular flexibility index (Phi) is 7.94. The van der Waals surface area contributed by atoms with Crippen molar-refractivity contribution in [1.82, 2.24) is 4.98 Å². The lowest BCUT2D eigenvalue weighted by Gasteiger charge is -2.17. The number of anilines is 1. The molecule has 0 aliphatic rings. The van der Waals surface area contributed by atoms with E-state index in [-0.39, 0.29) is 27.5 Å². The fourth-order valence-electron chi connectivity index (χ4n) is 2.99. The monoisotopic (exact) mass is 532 g/mol. The van der Waals surface area contributed by atoms with Gasteiger partial charge >= 0.3 is 6.18 Å². The van der Waals surface area contributed by atoms with E-state index in [9.17, 15) is 18.0 Å². The third-order valence-corrected chi connectivity index (χ3v) is 5.61. The first kappa shape index (κ1) is 25.4. The van der Waals surface area contributed by atoms with Gasteiger partial charge in [0.15, 0.2) is 5.13 Å². The SMILES string of the molecule is Br.CC(C)(C)c1nc(NC(=O)c2ccccc2C(F)(F)F)sc1Cc1ccc(Cl)cc1. The molecule has 1 aromatic heterocycles. The highest BCUT2D eigenvalue weighted by Gasteiger charge is 2.35. The van der Waals surface area contributed by atoms with E-state index in [2.05, 4.69) is 10.3 Å². The van der Waals surface area contributed by atoms with Gasteiger partial charge in [0.05, 0.1) is 16.8 Å². The van der Waals surface area contributed by atoms with Crippen molar-refractivity contribution in [1.29, 1.82) is 0 Å². The van der Waals surface area contributed by atoms with E-state index in [0.29, 0.717) is 11.4 Å². The smallest absolute Gasteiger partial charge is 0.298 e. The van der Waals surface area contributed by atoms with E-state index in [4.69, 9.17) is 11.6 Å². The normalized spacial score (nSPS) is 11.7. The number of nitrogens with one attached hydrogen (secondary N) is 1. The fourth-order valence-corrected chi connectivity index (χ4v) is 4.32. The quantitative estimate of drug-likeness (QED) is 0.376. The van der Waals surface area contributed by atoms with E-state index in [0.717, 1.165) is 28.3 Å². The lowest BCUT2D eigenvalue weighted by Crippen LogP contribution is -2.19. The summed E-state index contributed by atoms with van der Waals surface area (Å²) in [5.41, 5.74) is 0.106. The fraction of sp³-hybridized carbons (Fsp3) is 0.273. The number of nitrogens with zero attached hydrogens (tertiary/aromatic N) is 1. The molecule has 31 heavy (non-hydrogen) atoms. The molecule has 0 radical (unpaired) electrons. The third kappa shape index (κ3) is 6.30. The molecule has 3 rings (SSSR count). The molecule has 9 heteroatoms. The van der Waals surface area contributed by atoms with Crippen LogP contribution >= 0.6 is 39.9 Å². The van der Waals surface area contributed by atoms with Crippen molar-refractivity contribution in [3.05, 3.63) is 80.8 Å². The van der Waals surface area contributed by atoms with Gasteiger partial charge in [-0.3, -0.25) is 10.1 Å². The standard InChI is InChI=1S/C22H20ClF3N2OS.BrH/c1-21(2,3)18-17(12-13-8-10-14(23)11-9-13)30-20(27-18)28-19(29)15-6-4-5-7-16(15)22(24,25)26;/h4-11H,12H2,1-3H3,(H,27,28,29);1H. The number of alkyl halides is 3. The van der Waals surface area contributed by atoms with Crippen molar-refractivity contribution >= 4 is 51.0 Å². The first-order valence-electron chi connectivity index (χ1n) is 9.17. The van der Waals surface area contributed by atoms with Crippen molar-refractivity contribution in [3.63, 3.8) is 0 Å². The molecule has 3 aromatic rings. The van der Waals surface area contributed by atoms with Gasteiger partial charge in [-0.15, -0.1) is 28.3 Å². The van der Waals surface area contributed by atoms with Gasteiger partial charge in [0.1, 0.15) is 0 Å². The molecule has 2 aromatic carbocycles.